The molecule has 5 aromatic rings. The van der Waals surface area contributed by atoms with E-state index in [0.29, 0.717) is 22.5 Å². The summed E-state index contributed by atoms with van der Waals surface area (Å²) in [4.78, 5) is 37.3. The summed E-state index contributed by atoms with van der Waals surface area (Å²) >= 11 is 12.2. The molecular weight excluding hydrogens is 667 g/mol. The van der Waals surface area contributed by atoms with Crippen LogP contribution in [0.2, 0.25) is 10.0 Å². The minimum atomic E-state index is -0.835. The van der Waals surface area contributed by atoms with Gasteiger partial charge in [0.1, 0.15) is 21.9 Å². The predicted octanol–water partition coefficient (Wildman–Crippen LogP) is 7.92. The van der Waals surface area contributed by atoms with Crippen LogP contribution < -0.4 is 24.4 Å². The van der Waals surface area contributed by atoms with E-state index >= 15 is 0 Å². The Kier molecular flexibility index (Phi) is 9.47. The standard InChI is InChI=1S/C18H14Cl2O7.C17H14O4/c1-5-9-16(11(20)13(22)10(5)19)26-14-6(2)8(17(23)25-4)12(21)7(3)15(14)27-18(9)24;1-19-13-10-6-9-12-14(18)17(20-2)15(21-16(12)13)11-7-4-3-5-8-11/h21-22H,1-4H3;3-10H,1-2H3. The number of halogens is 2. The summed E-state index contributed by atoms with van der Waals surface area (Å²) in [5.41, 5.74) is 1.25. The third-order valence-electron chi connectivity index (χ3n) is 7.69. The minimum Gasteiger partial charge on any atom is -0.507 e. The van der Waals surface area contributed by atoms with Crippen molar-refractivity contribution in [2.45, 2.75) is 20.8 Å². The summed E-state index contributed by atoms with van der Waals surface area (Å²) in [5, 5.41) is 20.5. The van der Waals surface area contributed by atoms with Gasteiger partial charge in [0, 0.05) is 16.7 Å². The van der Waals surface area contributed by atoms with E-state index in [4.69, 9.17) is 51.3 Å². The van der Waals surface area contributed by atoms with Crippen LogP contribution in [0.25, 0.3) is 22.3 Å². The van der Waals surface area contributed by atoms with E-state index in [1.54, 1.807) is 25.3 Å². The van der Waals surface area contributed by atoms with Gasteiger partial charge in [-0.05, 0) is 38.5 Å². The Balaban J connectivity index is 0.000000194. The molecule has 248 valence electrons. The number of rotatable bonds is 4. The van der Waals surface area contributed by atoms with E-state index in [-0.39, 0.29) is 66.3 Å². The third kappa shape index (κ3) is 5.61. The van der Waals surface area contributed by atoms with E-state index < -0.39 is 23.4 Å². The van der Waals surface area contributed by atoms with Crippen molar-refractivity contribution in [3.05, 3.63) is 96.6 Å². The Morgan fingerprint density at radius 3 is 2.04 bits per heavy atom. The second-order valence-corrected chi connectivity index (χ2v) is 11.2. The highest BCUT2D eigenvalue weighted by atomic mass is 35.5. The minimum absolute atomic E-state index is 0.0131. The molecule has 0 atom stereocenters. The topological polar surface area (TPSA) is 151 Å². The number of hydrogen-bond donors (Lipinski definition) is 2. The number of methoxy groups -OCH3 is 3. The maximum Gasteiger partial charge on any atom is 0.347 e. The maximum absolute atomic E-state index is 12.7. The number of benzene rings is 4. The number of fused-ring (bicyclic) bond motifs is 3. The van der Waals surface area contributed by atoms with Gasteiger partial charge in [-0.3, -0.25) is 4.79 Å². The van der Waals surface area contributed by atoms with Crippen LogP contribution >= 0.6 is 23.2 Å². The number of para-hydroxylation sites is 1. The van der Waals surface area contributed by atoms with Crippen LogP contribution in [-0.4, -0.2) is 43.5 Å². The molecule has 1 aliphatic heterocycles. The molecule has 4 aromatic carbocycles. The highest BCUT2D eigenvalue weighted by Crippen LogP contribution is 2.52. The average molecular weight is 696 g/mol. The molecule has 48 heavy (non-hydrogen) atoms. The number of carbonyl (C=O) groups is 2. The van der Waals surface area contributed by atoms with Crippen molar-refractivity contribution < 1.29 is 47.9 Å². The first-order valence-corrected chi connectivity index (χ1v) is 14.9. The summed E-state index contributed by atoms with van der Waals surface area (Å²) in [7, 11) is 4.17. The molecule has 13 heteroatoms. The Hall–Kier alpha value is -5.39. The van der Waals surface area contributed by atoms with E-state index in [2.05, 4.69) is 0 Å². The summed E-state index contributed by atoms with van der Waals surface area (Å²) in [5.74, 6) is -1.62. The molecule has 0 radical (unpaired) electrons. The summed E-state index contributed by atoms with van der Waals surface area (Å²) in [6.45, 7) is 4.43. The molecule has 1 aliphatic rings. The molecule has 0 fully saturated rings. The van der Waals surface area contributed by atoms with Gasteiger partial charge in [0.05, 0.1) is 31.7 Å². The zero-order valence-corrected chi connectivity index (χ0v) is 28.0. The highest BCUT2D eigenvalue weighted by molar-refractivity contribution is 6.39. The van der Waals surface area contributed by atoms with Gasteiger partial charge in [0.2, 0.25) is 11.2 Å². The first kappa shape index (κ1) is 34.0. The second-order valence-electron chi connectivity index (χ2n) is 10.4. The monoisotopic (exact) mass is 694 g/mol. The van der Waals surface area contributed by atoms with Gasteiger partial charge in [-0.2, -0.15) is 0 Å². The molecule has 0 bridgehead atoms. The second kappa shape index (κ2) is 13.4. The van der Waals surface area contributed by atoms with Crippen LogP contribution in [0, 0.1) is 20.8 Å². The molecule has 6 rings (SSSR count). The number of hydrogen-bond acceptors (Lipinski definition) is 11. The normalized spacial score (nSPS) is 11.6. The Morgan fingerprint density at radius 1 is 0.750 bits per heavy atom. The van der Waals surface area contributed by atoms with Crippen LogP contribution in [0.3, 0.4) is 0 Å². The van der Waals surface area contributed by atoms with Crippen molar-refractivity contribution in [3.63, 3.8) is 0 Å². The molecule has 0 amide bonds. The molecule has 0 aliphatic carbocycles. The van der Waals surface area contributed by atoms with Crippen molar-refractivity contribution in [3.8, 4) is 51.6 Å². The summed E-state index contributed by atoms with van der Waals surface area (Å²) in [6.07, 6.45) is 0. The van der Waals surface area contributed by atoms with Gasteiger partial charge in [-0.15, -0.1) is 0 Å². The number of ether oxygens (including phenoxy) is 5. The number of aromatic hydroxyl groups is 2. The van der Waals surface area contributed by atoms with Gasteiger partial charge in [-0.1, -0.05) is 59.6 Å². The SMILES string of the molecule is COC(=O)c1c(C)c2c(c(C)c1O)OC(=O)c1c(C)c(Cl)c(O)c(Cl)c1O2.COc1c(-c2ccccc2)oc2c(OC)cccc2c1=O. The van der Waals surface area contributed by atoms with Crippen LogP contribution in [0.5, 0.6) is 40.2 Å². The van der Waals surface area contributed by atoms with Crippen LogP contribution in [0.15, 0.2) is 57.7 Å². The fraction of sp³-hybridized carbons (Fsp3) is 0.171. The van der Waals surface area contributed by atoms with Crippen molar-refractivity contribution >= 4 is 46.1 Å². The van der Waals surface area contributed by atoms with Crippen LogP contribution in [-0.2, 0) is 4.74 Å². The van der Waals surface area contributed by atoms with Crippen molar-refractivity contribution in [2.24, 2.45) is 0 Å². The van der Waals surface area contributed by atoms with E-state index in [0.717, 1.165) is 5.56 Å². The lowest BCUT2D eigenvalue weighted by atomic mass is 10.0. The van der Waals surface area contributed by atoms with E-state index in [9.17, 15) is 24.6 Å². The van der Waals surface area contributed by atoms with Gasteiger partial charge in [-0.25, -0.2) is 9.59 Å². The molecular formula is C35H28Cl2O11. The lowest BCUT2D eigenvalue weighted by Gasteiger charge is -2.17. The quantitative estimate of drug-likeness (QED) is 0.139. The fourth-order valence-corrected chi connectivity index (χ4v) is 5.65. The lowest BCUT2D eigenvalue weighted by Crippen LogP contribution is -2.11. The molecule has 0 saturated heterocycles. The fourth-order valence-electron chi connectivity index (χ4n) is 5.18. The van der Waals surface area contributed by atoms with Gasteiger partial charge in [0.25, 0.3) is 0 Å². The molecule has 11 nitrogen and oxygen atoms in total. The molecule has 1 aromatic heterocycles. The summed E-state index contributed by atoms with van der Waals surface area (Å²) < 4.78 is 32.4. The largest absolute Gasteiger partial charge is 0.507 e. The van der Waals surface area contributed by atoms with E-state index in [1.807, 2.05) is 30.3 Å². The van der Waals surface area contributed by atoms with Crippen molar-refractivity contribution in [1.82, 2.24) is 0 Å². The highest BCUT2D eigenvalue weighted by Gasteiger charge is 2.35. The van der Waals surface area contributed by atoms with Crippen LogP contribution in [0.1, 0.15) is 37.4 Å². The average Bonchev–Trinajstić information content (AvgIpc) is 3.25. The van der Waals surface area contributed by atoms with Crippen molar-refractivity contribution in [2.75, 3.05) is 21.3 Å². The molecule has 2 N–H and O–H groups in total. The van der Waals surface area contributed by atoms with Crippen LogP contribution in [0.4, 0.5) is 0 Å². The Labute approximate surface area is 283 Å². The van der Waals surface area contributed by atoms with Gasteiger partial charge in [0.15, 0.2) is 40.1 Å². The number of carbonyl (C=O) groups excluding carboxylic acids is 2. The smallest absolute Gasteiger partial charge is 0.347 e. The molecule has 0 saturated carbocycles. The maximum atomic E-state index is 12.7. The molecule has 0 unspecified atom stereocenters. The number of esters is 2. The van der Waals surface area contributed by atoms with Gasteiger partial charge < -0.3 is 38.3 Å². The Morgan fingerprint density at radius 2 is 1.42 bits per heavy atom. The lowest BCUT2D eigenvalue weighted by molar-refractivity contribution is 0.0596. The zero-order chi connectivity index (χ0) is 35.0. The summed E-state index contributed by atoms with van der Waals surface area (Å²) in [6, 6.07) is 14.6. The third-order valence-corrected chi connectivity index (χ3v) is 8.51. The molecule has 0 spiro atoms. The molecule has 2 heterocycles. The zero-order valence-electron chi connectivity index (χ0n) is 26.4. The first-order valence-electron chi connectivity index (χ1n) is 14.2. The van der Waals surface area contributed by atoms with Gasteiger partial charge >= 0.3 is 11.9 Å². The first-order chi connectivity index (χ1) is 22.9. The Bertz CT molecular complexity index is 2170. The van der Waals surface area contributed by atoms with E-state index in [1.165, 1.54) is 35.0 Å². The number of phenols is 2. The predicted molar refractivity (Wildman–Crippen MR) is 178 cm³/mol. The van der Waals surface area contributed by atoms with Crippen molar-refractivity contribution in [1.29, 1.82) is 0 Å². The number of phenolic OH excluding ortho intramolecular Hbond substituents is 2.